The maximum absolute atomic E-state index is 13.0. The molecule has 0 spiro atoms. The number of hydrogen-bond acceptors (Lipinski definition) is 6. The van der Waals surface area contributed by atoms with E-state index in [1.807, 2.05) is 43.3 Å². The van der Waals surface area contributed by atoms with Crippen LogP contribution in [-0.2, 0) is 0 Å². The molecule has 7 heteroatoms. The number of anilines is 1. The maximum atomic E-state index is 13.0. The minimum Gasteiger partial charge on any atom is -0.493 e. The van der Waals surface area contributed by atoms with Crippen molar-refractivity contribution in [1.82, 2.24) is 4.98 Å². The number of benzene rings is 3. The molecule has 0 aliphatic rings. The first-order chi connectivity index (χ1) is 15.0. The van der Waals surface area contributed by atoms with E-state index >= 15 is 0 Å². The van der Waals surface area contributed by atoms with Gasteiger partial charge in [-0.1, -0.05) is 24.3 Å². The van der Waals surface area contributed by atoms with Gasteiger partial charge in [0, 0.05) is 16.8 Å². The van der Waals surface area contributed by atoms with Gasteiger partial charge in [0.15, 0.2) is 11.5 Å². The third kappa shape index (κ3) is 4.04. The molecule has 0 saturated heterocycles. The third-order valence-corrected chi connectivity index (χ3v) is 6.04. The monoisotopic (exact) mass is 434 g/mol. The molecule has 0 radical (unpaired) electrons. The molecular weight excluding hydrogens is 412 g/mol. The lowest BCUT2D eigenvalue weighted by molar-refractivity contribution is 0.102. The van der Waals surface area contributed by atoms with Crippen LogP contribution in [0.25, 0.3) is 20.8 Å². The summed E-state index contributed by atoms with van der Waals surface area (Å²) in [6.07, 6.45) is 0. The number of para-hydroxylation sites is 1. The summed E-state index contributed by atoms with van der Waals surface area (Å²) in [5.41, 5.74) is 3.98. The molecule has 0 fully saturated rings. The average molecular weight is 435 g/mol. The fourth-order valence-corrected chi connectivity index (χ4v) is 4.25. The van der Waals surface area contributed by atoms with E-state index < -0.39 is 0 Å². The van der Waals surface area contributed by atoms with Crippen LogP contribution in [-0.4, -0.2) is 32.2 Å². The molecule has 31 heavy (non-hydrogen) atoms. The molecule has 4 aromatic rings. The van der Waals surface area contributed by atoms with Crippen LogP contribution in [0.15, 0.2) is 54.6 Å². The number of carbonyl (C=O) groups is 1. The number of hydrogen-bond donors (Lipinski definition) is 1. The highest BCUT2D eigenvalue weighted by Gasteiger charge is 2.18. The number of aryl methyl sites for hydroxylation is 1. The largest absolute Gasteiger partial charge is 0.493 e. The van der Waals surface area contributed by atoms with Gasteiger partial charge in [-0.05, 0) is 42.8 Å². The lowest BCUT2D eigenvalue weighted by Crippen LogP contribution is -2.13. The second-order valence-corrected chi connectivity index (χ2v) is 7.92. The molecular formula is C24H22N2O4S. The van der Waals surface area contributed by atoms with E-state index in [0.29, 0.717) is 22.8 Å². The van der Waals surface area contributed by atoms with Crippen molar-refractivity contribution >= 4 is 33.1 Å². The van der Waals surface area contributed by atoms with Crippen LogP contribution in [0.1, 0.15) is 15.9 Å². The molecule has 0 aliphatic heterocycles. The molecule has 1 N–H and O–H groups in total. The molecule has 0 saturated carbocycles. The quantitative estimate of drug-likeness (QED) is 0.431. The van der Waals surface area contributed by atoms with Crippen molar-refractivity contribution in [2.45, 2.75) is 6.92 Å². The Balaban J connectivity index is 1.66. The zero-order valence-corrected chi connectivity index (χ0v) is 18.5. The van der Waals surface area contributed by atoms with E-state index in [2.05, 4.69) is 11.4 Å². The number of carbonyl (C=O) groups excluding carboxylic acids is 1. The minimum atomic E-state index is -0.274. The van der Waals surface area contributed by atoms with Crippen molar-refractivity contribution in [2.75, 3.05) is 26.6 Å². The molecule has 3 aromatic carbocycles. The Morgan fingerprint density at radius 2 is 1.65 bits per heavy atom. The van der Waals surface area contributed by atoms with Crippen LogP contribution in [0, 0.1) is 6.92 Å². The second-order valence-electron chi connectivity index (χ2n) is 6.88. The molecule has 1 amide bonds. The van der Waals surface area contributed by atoms with Crippen LogP contribution in [0.2, 0.25) is 0 Å². The van der Waals surface area contributed by atoms with Crippen LogP contribution in [0.3, 0.4) is 0 Å². The summed E-state index contributed by atoms with van der Waals surface area (Å²) in [6.45, 7) is 1.95. The number of methoxy groups -OCH3 is 3. The average Bonchev–Trinajstić information content (AvgIpc) is 3.23. The molecule has 0 atom stereocenters. The van der Waals surface area contributed by atoms with Gasteiger partial charge in [0.2, 0.25) is 5.75 Å². The highest BCUT2D eigenvalue weighted by molar-refractivity contribution is 7.21. The fourth-order valence-electron chi connectivity index (χ4n) is 3.29. The molecule has 158 valence electrons. The first-order valence-electron chi connectivity index (χ1n) is 9.62. The van der Waals surface area contributed by atoms with Crippen molar-refractivity contribution in [2.24, 2.45) is 0 Å². The summed E-state index contributed by atoms with van der Waals surface area (Å²) in [4.78, 5) is 17.7. The van der Waals surface area contributed by atoms with Gasteiger partial charge in [0.25, 0.3) is 5.91 Å². The normalized spacial score (nSPS) is 10.7. The van der Waals surface area contributed by atoms with Crippen molar-refractivity contribution in [3.05, 3.63) is 65.7 Å². The van der Waals surface area contributed by atoms with Gasteiger partial charge in [-0.3, -0.25) is 4.79 Å². The zero-order valence-electron chi connectivity index (χ0n) is 17.7. The van der Waals surface area contributed by atoms with Crippen LogP contribution >= 0.6 is 11.3 Å². The molecule has 6 nitrogen and oxygen atoms in total. The van der Waals surface area contributed by atoms with Crippen molar-refractivity contribution < 1.29 is 19.0 Å². The second kappa shape index (κ2) is 8.65. The molecule has 1 aromatic heterocycles. The van der Waals surface area contributed by atoms with Gasteiger partial charge in [-0.2, -0.15) is 0 Å². The predicted octanol–water partition coefficient (Wildman–Crippen LogP) is 5.55. The number of thiazole rings is 1. The van der Waals surface area contributed by atoms with Crippen molar-refractivity contribution in [1.29, 1.82) is 0 Å². The van der Waals surface area contributed by atoms with E-state index in [-0.39, 0.29) is 5.91 Å². The van der Waals surface area contributed by atoms with E-state index in [1.165, 1.54) is 21.3 Å². The van der Waals surface area contributed by atoms with Crippen molar-refractivity contribution in [3.63, 3.8) is 0 Å². The number of fused-ring (bicyclic) bond motifs is 1. The Labute approximate surface area is 184 Å². The Kier molecular flexibility index (Phi) is 5.77. The van der Waals surface area contributed by atoms with Crippen LogP contribution in [0.4, 0.5) is 5.69 Å². The highest BCUT2D eigenvalue weighted by atomic mass is 32.1. The number of nitrogens with one attached hydrogen (secondary N) is 1. The Morgan fingerprint density at radius 3 is 2.29 bits per heavy atom. The number of rotatable bonds is 6. The number of amides is 1. The van der Waals surface area contributed by atoms with Gasteiger partial charge in [-0.25, -0.2) is 4.98 Å². The fraction of sp³-hybridized carbons (Fsp3) is 0.167. The molecule has 0 unspecified atom stereocenters. The van der Waals surface area contributed by atoms with Crippen molar-refractivity contribution in [3.8, 4) is 27.8 Å². The lowest BCUT2D eigenvalue weighted by atomic mass is 10.1. The van der Waals surface area contributed by atoms with Gasteiger partial charge in [-0.15, -0.1) is 11.3 Å². The number of nitrogens with zero attached hydrogens (tertiary/aromatic N) is 1. The summed E-state index contributed by atoms with van der Waals surface area (Å²) in [6, 6.07) is 17.2. The zero-order chi connectivity index (χ0) is 22.0. The summed E-state index contributed by atoms with van der Waals surface area (Å²) >= 11 is 1.62. The Morgan fingerprint density at radius 1 is 0.935 bits per heavy atom. The standard InChI is InChI=1S/C24H22N2O4S/c1-14-9-10-15(24-26-17-7-5-6-8-21(17)31-24)11-18(14)25-23(27)16-12-19(28-2)22(30-4)20(13-16)29-3/h5-13H,1-4H3,(H,25,27). The lowest BCUT2D eigenvalue weighted by Gasteiger charge is -2.15. The van der Waals surface area contributed by atoms with Gasteiger partial charge in [0.1, 0.15) is 5.01 Å². The molecule has 1 heterocycles. The first-order valence-corrected chi connectivity index (χ1v) is 10.4. The summed E-state index contributed by atoms with van der Waals surface area (Å²) < 4.78 is 17.2. The Bertz CT molecular complexity index is 1210. The minimum absolute atomic E-state index is 0.274. The van der Waals surface area contributed by atoms with E-state index in [9.17, 15) is 4.79 Å². The summed E-state index contributed by atoms with van der Waals surface area (Å²) in [5, 5.41) is 3.90. The van der Waals surface area contributed by atoms with Gasteiger partial charge in [0.05, 0.1) is 31.5 Å². The third-order valence-electron chi connectivity index (χ3n) is 4.95. The molecule has 0 aliphatic carbocycles. The van der Waals surface area contributed by atoms with Gasteiger partial charge >= 0.3 is 0 Å². The summed E-state index contributed by atoms with van der Waals surface area (Å²) in [5.74, 6) is 1.01. The predicted molar refractivity (Wildman–Crippen MR) is 124 cm³/mol. The molecule has 0 bridgehead atoms. The number of aromatic nitrogens is 1. The van der Waals surface area contributed by atoms with Crippen LogP contribution < -0.4 is 19.5 Å². The van der Waals surface area contributed by atoms with E-state index in [4.69, 9.17) is 19.2 Å². The number of ether oxygens (including phenoxy) is 3. The van der Waals surface area contributed by atoms with E-state index in [1.54, 1.807) is 23.5 Å². The van der Waals surface area contributed by atoms with Gasteiger partial charge < -0.3 is 19.5 Å². The highest BCUT2D eigenvalue weighted by Crippen LogP contribution is 2.38. The molecule has 4 rings (SSSR count). The Hall–Kier alpha value is -3.58. The maximum Gasteiger partial charge on any atom is 0.255 e. The SMILES string of the molecule is COc1cc(C(=O)Nc2cc(-c3nc4ccccc4s3)ccc2C)cc(OC)c1OC. The first kappa shape index (κ1) is 20.7. The van der Waals surface area contributed by atoms with E-state index in [0.717, 1.165) is 32.0 Å². The smallest absolute Gasteiger partial charge is 0.255 e. The summed E-state index contributed by atoms with van der Waals surface area (Å²) in [7, 11) is 4.56. The van der Waals surface area contributed by atoms with Crippen LogP contribution in [0.5, 0.6) is 17.2 Å². The topological polar surface area (TPSA) is 69.7 Å².